The summed E-state index contributed by atoms with van der Waals surface area (Å²) in [6.45, 7) is 21.3. The summed E-state index contributed by atoms with van der Waals surface area (Å²) in [6.07, 6.45) is 9.28. The molecule has 1 unspecified atom stereocenters. The molecule has 2 saturated heterocycles. The number of aryl methyl sites for hydroxylation is 1. The van der Waals surface area contributed by atoms with Crippen LogP contribution in [-0.4, -0.2) is 138 Å². The molecule has 9 aromatic rings. The van der Waals surface area contributed by atoms with Gasteiger partial charge in [-0.1, -0.05) is 62.2 Å². The molecule has 3 aliphatic heterocycles. The number of carbonyl (C=O) groups is 4. The summed E-state index contributed by atoms with van der Waals surface area (Å²) < 4.78 is 19.8. The molecule has 89 heavy (non-hydrogen) atoms. The molecule has 5 aromatic heterocycles. The molecule has 0 bridgehead atoms. The number of ketones is 1. The molecule has 21 nitrogen and oxygen atoms in total. The first-order chi connectivity index (χ1) is 42.2. The molecule has 4 aromatic carbocycles. The van der Waals surface area contributed by atoms with Gasteiger partial charge in [0.2, 0.25) is 5.28 Å². The van der Waals surface area contributed by atoms with Gasteiger partial charge >= 0.3 is 18.2 Å². The van der Waals surface area contributed by atoms with Crippen molar-refractivity contribution in [3.8, 4) is 0 Å². The summed E-state index contributed by atoms with van der Waals surface area (Å²) in [5.41, 5.74) is 10.9. The van der Waals surface area contributed by atoms with E-state index in [1.54, 1.807) is 48.6 Å². The summed E-state index contributed by atoms with van der Waals surface area (Å²) >= 11 is 13.8. The highest BCUT2D eigenvalue weighted by Gasteiger charge is 2.26. The maximum atomic E-state index is 12.2. The number of carboxylic acid groups (broad SMARTS) is 1. The third kappa shape index (κ3) is 22.2. The van der Waals surface area contributed by atoms with Gasteiger partial charge in [-0.05, 0) is 169 Å². The normalized spacial score (nSPS) is 15.1. The number of carboxylic acids is 1. The van der Waals surface area contributed by atoms with Gasteiger partial charge in [-0.25, -0.2) is 34.3 Å². The van der Waals surface area contributed by atoms with Crippen molar-refractivity contribution in [2.45, 2.75) is 92.0 Å². The molecule has 7 N–H and O–H groups in total. The summed E-state index contributed by atoms with van der Waals surface area (Å²) in [6, 6.07) is 33.1. The van der Waals surface area contributed by atoms with Crippen LogP contribution in [0.25, 0.3) is 37.5 Å². The standard InChI is InChI=1S/C16H16ClN5O2.C15H14N4.C10H8BrNO.C10H20N2O2.C9H5BrO2S.C4H9NO/c1-16(2,3)24-15(23)22-12-5-4-11(8-10(12)9-19-22)20-13-6-7-18-14(17)21-13;1-11-17-9-7-15(18-11)19-14-4-2-12(3-5-14)13-6-8-16-10-13;1-6(13)9-4-7-2-3-8(11)5-10(7)12-9;1-8-7-12(6-5-11-8)9(13)14-10(2,3)4;10-6-2-1-5-3-8(9(11)12)13-7(5)4-6;5-4-1-2-6-3-4/h4-9H,1-3H3,(H,18,20,21);2-7,9-10H,8H2,1H3,(H,17,18,19);2-5,12H,1H3;8,11H,5-7H2,1-4H3;1-4H,(H,11,12);4H,1-3,5H2/t;;;8-;;/m...1../s1. The van der Waals surface area contributed by atoms with E-state index in [0.29, 0.717) is 34.0 Å². The first-order valence-corrected chi connectivity index (χ1v) is 31.1. The van der Waals surface area contributed by atoms with E-state index < -0.39 is 23.3 Å². The molecule has 0 radical (unpaired) electrons. The van der Waals surface area contributed by atoms with E-state index >= 15 is 0 Å². The van der Waals surface area contributed by atoms with E-state index in [9.17, 15) is 19.2 Å². The van der Waals surface area contributed by atoms with Crippen LogP contribution in [0.4, 0.5) is 32.6 Å². The second kappa shape index (κ2) is 32.0. The van der Waals surface area contributed by atoms with Crippen LogP contribution in [0.1, 0.15) is 93.4 Å². The SMILES string of the molecule is CC(=O)c1cc2ccc(Br)cc2[nH]1.CC(C)(C)OC(=O)n1ncc2cc(Nc3ccnc(Cl)n3)ccc21.C[C@@H]1CN(C(=O)OC(C)(C)C)CCN1.Cc1nccc(Nc2ccc(C3=CCN=C3)cc2)n1.NC1CCOC1.O=C(O)c1cc2ccc(Br)cc2s1. The van der Waals surface area contributed by atoms with Gasteiger partial charge in [0.05, 0.1) is 30.6 Å². The second-order valence-electron chi connectivity index (χ2n) is 22.5. The minimum absolute atomic E-state index is 0.0623. The number of ether oxygens (including phenoxy) is 3. The summed E-state index contributed by atoms with van der Waals surface area (Å²) in [5, 5.41) is 25.5. The Morgan fingerprint density at radius 1 is 0.809 bits per heavy atom. The van der Waals surface area contributed by atoms with Gasteiger partial charge in [-0.2, -0.15) is 9.78 Å². The number of nitrogens with two attached hydrogens (primary N) is 1. The number of aliphatic imine (C=N–C) groups is 1. The van der Waals surface area contributed by atoms with Crippen molar-refractivity contribution < 1.29 is 38.5 Å². The molecule has 0 spiro atoms. The lowest BCUT2D eigenvalue weighted by Crippen LogP contribution is -2.52. The number of piperazine rings is 1. The van der Waals surface area contributed by atoms with Crippen molar-refractivity contribution in [2.75, 3.05) is 50.0 Å². The van der Waals surface area contributed by atoms with Crippen molar-refractivity contribution in [3.63, 3.8) is 0 Å². The number of amides is 1. The molecule has 2 atom stereocenters. The number of halogens is 3. The Bertz CT molecular complexity index is 3860. The van der Waals surface area contributed by atoms with Crippen LogP contribution >= 0.6 is 54.8 Å². The smallest absolute Gasteiger partial charge is 0.435 e. The Kier molecular flexibility index (Phi) is 24.6. The maximum Gasteiger partial charge on any atom is 0.435 e. The lowest BCUT2D eigenvalue weighted by Gasteiger charge is -2.33. The highest BCUT2D eigenvalue weighted by atomic mass is 79.9. The first-order valence-electron chi connectivity index (χ1n) is 28.3. The number of aromatic nitrogens is 7. The third-order valence-electron chi connectivity index (χ3n) is 12.6. The molecule has 8 heterocycles. The topological polar surface area (TPSA) is 279 Å². The number of thiophene rings is 1. The predicted octanol–water partition coefficient (Wildman–Crippen LogP) is 14.4. The average molecular weight is 1380 g/mol. The first kappa shape index (κ1) is 68.5. The minimum atomic E-state index is -0.864. The number of benzene rings is 4. The Morgan fingerprint density at radius 2 is 1.47 bits per heavy atom. The van der Waals surface area contributed by atoms with Crippen LogP contribution in [0.5, 0.6) is 0 Å². The third-order valence-corrected chi connectivity index (χ3v) is 14.8. The van der Waals surface area contributed by atoms with Gasteiger partial charge < -0.3 is 50.9 Å². The number of carbonyl (C=O) groups excluding carboxylic acids is 3. The van der Waals surface area contributed by atoms with Gasteiger partial charge in [0, 0.05) is 105 Å². The number of rotatable bonds is 7. The number of aromatic carboxylic acids is 1. The van der Waals surface area contributed by atoms with Crippen molar-refractivity contribution in [2.24, 2.45) is 10.7 Å². The van der Waals surface area contributed by atoms with Gasteiger partial charge in [-0.3, -0.25) is 9.79 Å². The van der Waals surface area contributed by atoms with Crippen molar-refractivity contribution in [1.29, 1.82) is 0 Å². The van der Waals surface area contributed by atoms with Gasteiger partial charge in [0.25, 0.3) is 0 Å². The molecular weight excluding hydrogens is 1310 g/mol. The van der Waals surface area contributed by atoms with Crippen LogP contribution in [0.3, 0.4) is 0 Å². The fourth-order valence-corrected chi connectivity index (χ4v) is 10.4. The number of anilines is 4. The molecule has 468 valence electrons. The Hall–Kier alpha value is -7.97. The highest BCUT2D eigenvalue weighted by molar-refractivity contribution is 9.10. The van der Waals surface area contributed by atoms with E-state index in [1.807, 2.05) is 127 Å². The molecule has 0 aliphatic carbocycles. The van der Waals surface area contributed by atoms with Crippen LogP contribution in [-0.2, 0) is 14.2 Å². The van der Waals surface area contributed by atoms with Gasteiger partial charge in [0.1, 0.15) is 33.5 Å². The number of aromatic amines is 1. The van der Waals surface area contributed by atoms with Crippen LogP contribution in [0, 0.1) is 6.92 Å². The zero-order valence-corrected chi connectivity index (χ0v) is 55.6. The van der Waals surface area contributed by atoms with E-state index in [4.69, 9.17) is 36.7 Å². The number of fused-ring (bicyclic) bond motifs is 3. The van der Waals surface area contributed by atoms with E-state index in [2.05, 4.69) is 108 Å². The average Bonchev–Trinajstić information content (AvgIpc) is 1.95. The largest absolute Gasteiger partial charge is 0.477 e. The Balaban J connectivity index is 0.000000158. The Morgan fingerprint density at radius 3 is 2.08 bits per heavy atom. The van der Waals surface area contributed by atoms with E-state index in [1.165, 1.54) is 27.2 Å². The van der Waals surface area contributed by atoms with Crippen molar-refractivity contribution in [3.05, 3.63) is 164 Å². The fraction of sp³-hybridized carbons (Fsp3) is 0.312. The molecule has 3 aliphatic rings. The minimum Gasteiger partial charge on any atom is -0.477 e. The quantitative estimate of drug-likeness (QED) is 0.0639. The monoisotopic (exact) mass is 1380 g/mol. The number of H-pyrrole nitrogens is 1. The van der Waals surface area contributed by atoms with Crippen LogP contribution in [0.15, 0.2) is 142 Å². The van der Waals surface area contributed by atoms with Crippen LogP contribution in [0.2, 0.25) is 5.28 Å². The number of hydrogen-bond donors (Lipinski definition) is 6. The lowest BCUT2D eigenvalue weighted by atomic mass is 10.1. The molecule has 0 saturated carbocycles. The summed E-state index contributed by atoms with van der Waals surface area (Å²) in [5.74, 6) is 1.34. The Labute approximate surface area is 542 Å². The predicted molar refractivity (Wildman–Crippen MR) is 361 cm³/mol. The number of Topliss-reactive ketones (excluding diaryl/α,β-unsaturated/α-hetero) is 1. The summed E-state index contributed by atoms with van der Waals surface area (Å²) in [4.78, 5) is 71.2. The lowest BCUT2D eigenvalue weighted by molar-refractivity contribution is 0.0200. The number of hydrogen-bond acceptors (Lipinski definition) is 18. The maximum absolute atomic E-state index is 12.2. The van der Waals surface area contributed by atoms with E-state index in [-0.39, 0.29) is 17.2 Å². The molecule has 2 fully saturated rings. The molecule has 25 heteroatoms. The van der Waals surface area contributed by atoms with Gasteiger partial charge in [-0.15, -0.1) is 11.3 Å². The second-order valence-corrected chi connectivity index (χ2v) is 25.7. The van der Waals surface area contributed by atoms with Gasteiger partial charge in [0.15, 0.2) is 5.78 Å². The van der Waals surface area contributed by atoms with Crippen molar-refractivity contribution >= 4 is 145 Å². The molecular formula is C64H72Br2ClN13O8S. The van der Waals surface area contributed by atoms with E-state index in [0.717, 1.165) is 104 Å². The number of nitrogens with one attached hydrogen (secondary N) is 4. The summed E-state index contributed by atoms with van der Waals surface area (Å²) in [7, 11) is 0. The number of nitrogens with zero attached hydrogens (tertiary/aromatic N) is 8. The highest BCUT2D eigenvalue weighted by Crippen LogP contribution is 2.29. The molecule has 1 amide bonds. The molecule has 12 rings (SSSR count). The van der Waals surface area contributed by atoms with Crippen LogP contribution < -0.4 is 21.7 Å². The zero-order valence-electron chi connectivity index (χ0n) is 50.8. The van der Waals surface area contributed by atoms with Crippen molar-refractivity contribution in [1.82, 2.24) is 44.9 Å². The number of allylic oxidation sites excluding steroid dienone is 1. The fourth-order valence-electron chi connectivity index (χ4n) is 8.46. The zero-order chi connectivity index (χ0) is 64.4.